The van der Waals surface area contributed by atoms with Crippen molar-refractivity contribution in [2.24, 2.45) is 0 Å². The minimum atomic E-state index is -1.28. The van der Waals surface area contributed by atoms with Crippen LogP contribution < -0.4 is 15.5 Å². The highest BCUT2D eigenvalue weighted by atomic mass is 16.4. The molecule has 0 aliphatic heterocycles. The van der Waals surface area contributed by atoms with Crippen LogP contribution >= 0.6 is 0 Å². The van der Waals surface area contributed by atoms with Crippen molar-refractivity contribution in [3.05, 3.63) is 24.2 Å². The third-order valence-electron chi connectivity index (χ3n) is 2.15. The summed E-state index contributed by atoms with van der Waals surface area (Å²) in [5, 5.41) is 22.4. The summed E-state index contributed by atoms with van der Waals surface area (Å²) in [6.45, 7) is 0.332. The molecule has 0 aliphatic rings. The smallest absolute Gasteiger partial charge is 0.157 e. The van der Waals surface area contributed by atoms with Crippen LogP contribution in [0.25, 0.3) is 0 Å². The fraction of sp³-hybridized carbons (Fsp3) is 0.400. The second-order valence-electron chi connectivity index (χ2n) is 3.36. The van der Waals surface area contributed by atoms with E-state index >= 15 is 0 Å². The number of carbonyl (C=O) groups excluding carboxylic acids is 2. The normalized spacial score (nSPS) is 12.2. The summed E-state index contributed by atoms with van der Waals surface area (Å²) < 4.78 is 5.02. The number of furan rings is 1. The fourth-order valence-electron chi connectivity index (χ4n) is 1.29. The van der Waals surface area contributed by atoms with E-state index in [1.165, 1.54) is 11.6 Å². The molecular weight excluding hydrogens is 214 g/mol. The SMILES string of the molecule is O=C([O-])CC[C@@H]([NH2+]Cc1ccco1)C(=O)[O-]. The minimum absolute atomic E-state index is 0.0224. The van der Waals surface area contributed by atoms with Crippen molar-refractivity contribution < 1.29 is 29.5 Å². The predicted molar refractivity (Wildman–Crippen MR) is 47.4 cm³/mol. The van der Waals surface area contributed by atoms with Gasteiger partial charge in [-0.05, 0) is 18.6 Å². The highest BCUT2D eigenvalue weighted by Crippen LogP contribution is 1.97. The first-order valence-electron chi connectivity index (χ1n) is 4.86. The maximum atomic E-state index is 10.7. The van der Waals surface area contributed by atoms with E-state index in [0.29, 0.717) is 12.3 Å². The molecule has 0 saturated heterocycles. The molecule has 0 aromatic carbocycles. The molecule has 0 bridgehead atoms. The van der Waals surface area contributed by atoms with Gasteiger partial charge in [-0.15, -0.1) is 0 Å². The molecule has 1 aromatic heterocycles. The van der Waals surface area contributed by atoms with Crippen molar-refractivity contribution in [3.8, 4) is 0 Å². The fourth-order valence-corrected chi connectivity index (χ4v) is 1.29. The van der Waals surface area contributed by atoms with E-state index in [2.05, 4.69) is 0 Å². The first-order valence-corrected chi connectivity index (χ1v) is 4.86. The maximum absolute atomic E-state index is 10.7. The Morgan fingerprint density at radius 1 is 1.44 bits per heavy atom. The van der Waals surface area contributed by atoms with Gasteiger partial charge in [-0.2, -0.15) is 0 Å². The molecule has 1 rings (SSSR count). The van der Waals surface area contributed by atoms with Gasteiger partial charge in [-0.25, -0.2) is 0 Å². The highest BCUT2D eigenvalue weighted by molar-refractivity contribution is 5.71. The van der Waals surface area contributed by atoms with Crippen molar-refractivity contribution in [2.45, 2.75) is 25.4 Å². The molecule has 0 fully saturated rings. The van der Waals surface area contributed by atoms with E-state index in [0.717, 1.165) is 0 Å². The predicted octanol–water partition coefficient (Wildman–Crippen LogP) is -3.01. The van der Waals surface area contributed by atoms with Crippen LogP contribution in [0.3, 0.4) is 0 Å². The Balaban J connectivity index is 2.39. The molecule has 0 unspecified atom stereocenters. The Bertz CT molecular complexity index is 346. The number of aliphatic carboxylic acids is 2. The monoisotopic (exact) mass is 226 g/mol. The average molecular weight is 226 g/mol. The minimum Gasteiger partial charge on any atom is -0.550 e. The molecule has 2 N–H and O–H groups in total. The van der Waals surface area contributed by atoms with Crippen molar-refractivity contribution in [3.63, 3.8) is 0 Å². The number of rotatable bonds is 7. The molecule has 0 amide bonds. The van der Waals surface area contributed by atoms with Gasteiger partial charge in [0.25, 0.3) is 0 Å². The lowest BCUT2D eigenvalue weighted by molar-refractivity contribution is -0.700. The molecule has 1 heterocycles. The molecule has 1 atom stereocenters. The highest BCUT2D eigenvalue weighted by Gasteiger charge is 2.13. The standard InChI is InChI=1S/C10H13NO5/c12-9(13)4-3-8(10(14)15)11-6-7-2-1-5-16-7/h1-2,5,8,11H,3-4,6H2,(H,12,13)(H,14,15)/p-1/t8-/m1/s1. The van der Waals surface area contributed by atoms with Gasteiger partial charge >= 0.3 is 0 Å². The Kier molecular flexibility index (Phi) is 4.53. The van der Waals surface area contributed by atoms with Crippen molar-refractivity contribution in [1.29, 1.82) is 0 Å². The topological polar surface area (TPSA) is 110 Å². The third-order valence-corrected chi connectivity index (χ3v) is 2.15. The number of carbonyl (C=O) groups is 2. The average Bonchev–Trinajstić information content (AvgIpc) is 2.69. The summed E-state index contributed by atoms with van der Waals surface area (Å²) in [5.74, 6) is -1.93. The molecule has 16 heavy (non-hydrogen) atoms. The van der Waals surface area contributed by atoms with Gasteiger partial charge in [0.2, 0.25) is 0 Å². The van der Waals surface area contributed by atoms with Crippen molar-refractivity contribution in [1.82, 2.24) is 0 Å². The zero-order chi connectivity index (χ0) is 12.0. The Morgan fingerprint density at radius 2 is 2.19 bits per heavy atom. The van der Waals surface area contributed by atoms with Crippen LogP contribution in [0, 0.1) is 0 Å². The van der Waals surface area contributed by atoms with Gasteiger partial charge in [0.1, 0.15) is 12.6 Å². The van der Waals surface area contributed by atoms with Gasteiger partial charge in [-0.1, -0.05) is 0 Å². The molecule has 0 radical (unpaired) electrons. The number of carboxylic acids is 2. The van der Waals surface area contributed by atoms with Gasteiger partial charge in [0.05, 0.1) is 12.2 Å². The Labute approximate surface area is 91.9 Å². The van der Waals surface area contributed by atoms with Crippen LogP contribution in [0.4, 0.5) is 0 Å². The van der Waals surface area contributed by atoms with E-state index in [4.69, 9.17) is 4.42 Å². The van der Waals surface area contributed by atoms with Gasteiger partial charge in [-0.3, -0.25) is 0 Å². The van der Waals surface area contributed by atoms with Crippen molar-refractivity contribution >= 4 is 11.9 Å². The first-order chi connectivity index (χ1) is 7.59. The second-order valence-corrected chi connectivity index (χ2v) is 3.36. The Hall–Kier alpha value is -1.82. The summed E-state index contributed by atoms with van der Waals surface area (Å²) in [6, 6.07) is 2.50. The van der Waals surface area contributed by atoms with Crippen LogP contribution in [-0.2, 0) is 16.1 Å². The Morgan fingerprint density at radius 3 is 2.69 bits per heavy atom. The number of hydrogen-bond acceptors (Lipinski definition) is 5. The van der Waals surface area contributed by atoms with Crippen LogP contribution in [0.1, 0.15) is 18.6 Å². The summed E-state index contributed by atoms with van der Waals surface area (Å²) in [7, 11) is 0. The maximum Gasteiger partial charge on any atom is 0.157 e. The van der Waals surface area contributed by atoms with Crippen molar-refractivity contribution in [2.75, 3.05) is 0 Å². The van der Waals surface area contributed by atoms with Crippen LogP contribution in [-0.4, -0.2) is 18.0 Å². The largest absolute Gasteiger partial charge is 0.550 e. The van der Waals surface area contributed by atoms with Gasteiger partial charge in [0, 0.05) is 12.4 Å². The van der Waals surface area contributed by atoms with E-state index < -0.39 is 18.0 Å². The third kappa shape index (κ3) is 4.14. The molecule has 1 aromatic rings. The zero-order valence-electron chi connectivity index (χ0n) is 8.55. The quantitative estimate of drug-likeness (QED) is 0.532. The first kappa shape index (κ1) is 12.3. The molecular formula is C10H12NO5-. The lowest BCUT2D eigenvalue weighted by Gasteiger charge is -2.15. The number of quaternary nitrogens is 1. The summed E-state index contributed by atoms with van der Waals surface area (Å²) >= 11 is 0. The summed E-state index contributed by atoms with van der Waals surface area (Å²) in [4.78, 5) is 20.9. The van der Waals surface area contributed by atoms with Crippen LogP contribution in [0.15, 0.2) is 22.8 Å². The van der Waals surface area contributed by atoms with Crippen LogP contribution in [0.2, 0.25) is 0 Å². The molecule has 0 saturated carbocycles. The number of hydrogen-bond donors (Lipinski definition) is 1. The molecule has 88 valence electrons. The van der Waals surface area contributed by atoms with E-state index in [1.54, 1.807) is 12.1 Å². The van der Waals surface area contributed by atoms with Gasteiger partial charge < -0.3 is 29.5 Å². The molecule has 6 nitrogen and oxygen atoms in total. The zero-order valence-corrected chi connectivity index (χ0v) is 8.55. The second kappa shape index (κ2) is 5.92. The summed E-state index contributed by atoms with van der Waals surface area (Å²) in [5.41, 5.74) is 0. The number of carboxylic acid groups (broad SMARTS) is 2. The lowest BCUT2D eigenvalue weighted by atomic mass is 10.1. The lowest BCUT2D eigenvalue weighted by Crippen LogP contribution is -2.91. The van der Waals surface area contributed by atoms with Gasteiger partial charge in [0.15, 0.2) is 5.76 Å². The van der Waals surface area contributed by atoms with E-state index in [9.17, 15) is 19.8 Å². The van der Waals surface area contributed by atoms with E-state index in [-0.39, 0.29) is 12.8 Å². The molecule has 0 spiro atoms. The van der Waals surface area contributed by atoms with Crippen LogP contribution in [0.5, 0.6) is 0 Å². The molecule has 6 heteroatoms. The van der Waals surface area contributed by atoms with E-state index in [1.807, 2.05) is 0 Å². The molecule has 0 aliphatic carbocycles. The summed E-state index contributed by atoms with van der Waals surface area (Å²) in [6.07, 6.45) is 1.16. The number of nitrogens with two attached hydrogens (primary N) is 1.